The molecular weight excluding hydrogens is 200 g/mol. The molecule has 0 spiro atoms. The maximum Gasteiger partial charge on any atom is 0.220 e. The lowest BCUT2D eigenvalue weighted by Crippen LogP contribution is -1.98. The quantitative estimate of drug-likeness (QED) is 0.780. The summed E-state index contributed by atoms with van der Waals surface area (Å²) in [6, 6.07) is 11.1. The van der Waals surface area contributed by atoms with E-state index >= 15 is 0 Å². The highest BCUT2D eigenvalue weighted by atomic mass is 15.0. The molecule has 0 atom stereocenters. The van der Waals surface area contributed by atoms with Crippen LogP contribution in [0.15, 0.2) is 30.3 Å². The third-order valence-corrected chi connectivity index (χ3v) is 2.18. The fraction of sp³-hybridized carbons (Fsp3) is 0.0833. The molecule has 0 bridgehead atoms. The fourth-order valence-electron chi connectivity index (χ4n) is 1.45. The van der Waals surface area contributed by atoms with E-state index in [0.29, 0.717) is 5.56 Å². The van der Waals surface area contributed by atoms with Gasteiger partial charge in [-0.25, -0.2) is 9.97 Å². The molecule has 0 aliphatic carbocycles. The van der Waals surface area contributed by atoms with E-state index in [1.54, 1.807) is 12.1 Å². The number of anilines is 1. The summed E-state index contributed by atoms with van der Waals surface area (Å²) in [5.74, 6) is 0.263. The maximum absolute atomic E-state index is 8.69. The van der Waals surface area contributed by atoms with Crippen molar-refractivity contribution in [2.45, 2.75) is 6.92 Å². The van der Waals surface area contributed by atoms with Gasteiger partial charge < -0.3 is 5.73 Å². The minimum absolute atomic E-state index is 0.263. The Hall–Kier alpha value is -2.41. The molecule has 2 N–H and O–H groups in total. The molecule has 0 fully saturated rings. The zero-order valence-corrected chi connectivity index (χ0v) is 8.81. The van der Waals surface area contributed by atoms with Gasteiger partial charge >= 0.3 is 0 Å². The van der Waals surface area contributed by atoms with E-state index in [-0.39, 0.29) is 5.95 Å². The van der Waals surface area contributed by atoms with Crippen molar-refractivity contribution in [3.63, 3.8) is 0 Å². The van der Waals surface area contributed by atoms with Crippen LogP contribution >= 0.6 is 0 Å². The minimum Gasteiger partial charge on any atom is -0.368 e. The van der Waals surface area contributed by atoms with E-state index in [4.69, 9.17) is 11.0 Å². The molecule has 4 nitrogen and oxygen atoms in total. The Morgan fingerprint density at radius 3 is 2.44 bits per heavy atom. The van der Waals surface area contributed by atoms with Gasteiger partial charge in [0.25, 0.3) is 0 Å². The molecule has 0 unspecified atom stereocenters. The lowest BCUT2D eigenvalue weighted by molar-refractivity contribution is 1.12. The highest BCUT2D eigenvalue weighted by Gasteiger charge is 2.02. The molecule has 78 valence electrons. The summed E-state index contributed by atoms with van der Waals surface area (Å²) in [7, 11) is 0. The second kappa shape index (κ2) is 3.99. The smallest absolute Gasteiger partial charge is 0.220 e. The van der Waals surface area contributed by atoms with Gasteiger partial charge in [-0.3, -0.25) is 0 Å². The van der Waals surface area contributed by atoms with Crippen LogP contribution in [0.2, 0.25) is 0 Å². The number of hydrogen-bond acceptors (Lipinski definition) is 4. The normalized spacial score (nSPS) is 9.75. The van der Waals surface area contributed by atoms with Crippen molar-refractivity contribution in [1.29, 1.82) is 5.26 Å². The average molecular weight is 210 g/mol. The van der Waals surface area contributed by atoms with E-state index in [0.717, 1.165) is 17.0 Å². The van der Waals surface area contributed by atoms with Crippen LogP contribution in [0.5, 0.6) is 0 Å². The molecule has 16 heavy (non-hydrogen) atoms. The van der Waals surface area contributed by atoms with Crippen LogP contribution in [0.3, 0.4) is 0 Å². The highest BCUT2D eigenvalue weighted by molar-refractivity contribution is 5.61. The van der Waals surface area contributed by atoms with Crippen molar-refractivity contribution in [1.82, 2.24) is 9.97 Å². The van der Waals surface area contributed by atoms with E-state index in [2.05, 4.69) is 16.0 Å². The van der Waals surface area contributed by atoms with Gasteiger partial charge in [0.2, 0.25) is 5.95 Å². The number of nitrogens with zero attached hydrogens (tertiary/aromatic N) is 3. The third-order valence-electron chi connectivity index (χ3n) is 2.18. The summed E-state index contributed by atoms with van der Waals surface area (Å²) in [4.78, 5) is 8.15. The Kier molecular flexibility index (Phi) is 2.52. The van der Waals surface area contributed by atoms with Crippen LogP contribution in [0.1, 0.15) is 11.3 Å². The van der Waals surface area contributed by atoms with Gasteiger partial charge in [0.15, 0.2) is 0 Å². The lowest BCUT2D eigenvalue weighted by atomic mass is 10.1. The number of nitrogen functional groups attached to an aromatic ring is 1. The van der Waals surface area contributed by atoms with E-state index < -0.39 is 0 Å². The molecule has 2 rings (SSSR count). The molecule has 0 radical (unpaired) electrons. The zero-order chi connectivity index (χ0) is 11.5. The molecule has 0 amide bonds. The van der Waals surface area contributed by atoms with Gasteiger partial charge in [-0.1, -0.05) is 12.1 Å². The number of aromatic nitrogens is 2. The molecule has 0 aliphatic heterocycles. The number of nitrogens with two attached hydrogens (primary N) is 1. The van der Waals surface area contributed by atoms with Crippen molar-refractivity contribution in [3.05, 3.63) is 41.6 Å². The number of hydrogen-bond donors (Lipinski definition) is 1. The zero-order valence-electron chi connectivity index (χ0n) is 8.81. The molecule has 0 aliphatic rings. The van der Waals surface area contributed by atoms with Crippen LogP contribution in [0, 0.1) is 18.3 Å². The first kappa shape index (κ1) is 10.1. The summed E-state index contributed by atoms with van der Waals surface area (Å²) >= 11 is 0. The van der Waals surface area contributed by atoms with E-state index in [1.165, 1.54) is 0 Å². The summed E-state index contributed by atoms with van der Waals surface area (Å²) < 4.78 is 0. The molecule has 2 aromatic rings. The van der Waals surface area contributed by atoms with Gasteiger partial charge in [0.1, 0.15) is 0 Å². The van der Waals surface area contributed by atoms with Crippen LogP contribution in [0.25, 0.3) is 11.3 Å². The molecule has 1 aromatic heterocycles. The van der Waals surface area contributed by atoms with Gasteiger partial charge in [0, 0.05) is 11.3 Å². The molecular formula is C12H10N4. The third kappa shape index (κ3) is 1.98. The first-order valence-corrected chi connectivity index (χ1v) is 4.81. The SMILES string of the molecule is Cc1cc(-c2ccc(C#N)cc2)nc(N)n1. The Morgan fingerprint density at radius 1 is 1.19 bits per heavy atom. The molecule has 0 saturated heterocycles. The second-order valence-electron chi connectivity index (χ2n) is 3.44. The van der Waals surface area contributed by atoms with Crippen molar-refractivity contribution in [3.8, 4) is 17.3 Å². The molecule has 1 heterocycles. The fourth-order valence-corrected chi connectivity index (χ4v) is 1.45. The topological polar surface area (TPSA) is 75.6 Å². The number of aryl methyl sites for hydroxylation is 1. The van der Waals surface area contributed by atoms with Gasteiger partial charge in [0.05, 0.1) is 17.3 Å². The van der Waals surface area contributed by atoms with Crippen molar-refractivity contribution >= 4 is 5.95 Å². The Balaban J connectivity index is 2.47. The molecule has 0 saturated carbocycles. The first-order chi connectivity index (χ1) is 7.69. The summed E-state index contributed by atoms with van der Waals surface area (Å²) in [6.07, 6.45) is 0. The highest BCUT2D eigenvalue weighted by Crippen LogP contribution is 2.18. The van der Waals surface area contributed by atoms with Crippen LogP contribution in [-0.2, 0) is 0 Å². The minimum atomic E-state index is 0.263. The summed E-state index contributed by atoms with van der Waals surface area (Å²) in [5, 5.41) is 8.69. The van der Waals surface area contributed by atoms with Crippen molar-refractivity contribution in [2.75, 3.05) is 5.73 Å². The Labute approximate surface area is 93.4 Å². The second-order valence-corrected chi connectivity index (χ2v) is 3.44. The Bertz CT molecular complexity index is 532. The predicted octanol–water partition coefficient (Wildman–Crippen LogP) is 1.91. The number of benzene rings is 1. The van der Waals surface area contributed by atoms with Gasteiger partial charge in [-0.05, 0) is 25.1 Å². The average Bonchev–Trinajstić information content (AvgIpc) is 2.28. The maximum atomic E-state index is 8.69. The Morgan fingerprint density at radius 2 is 1.88 bits per heavy atom. The van der Waals surface area contributed by atoms with Crippen LogP contribution in [0.4, 0.5) is 5.95 Å². The van der Waals surface area contributed by atoms with Crippen molar-refractivity contribution in [2.24, 2.45) is 0 Å². The standard InChI is InChI=1S/C12H10N4/c1-8-6-11(16-12(14)15-8)10-4-2-9(7-13)3-5-10/h2-6H,1H3,(H2,14,15,16). The summed E-state index contributed by atoms with van der Waals surface area (Å²) in [6.45, 7) is 1.87. The van der Waals surface area contributed by atoms with Crippen LogP contribution in [-0.4, -0.2) is 9.97 Å². The number of rotatable bonds is 1. The van der Waals surface area contributed by atoms with Gasteiger partial charge in [-0.15, -0.1) is 0 Å². The number of nitriles is 1. The first-order valence-electron chi connectivity index (χ1n) is 4.81. The van der Waals surface area contributed by atoms with Gasteiger partial charge in [-0.2, -0.15) is 5.26 Å². The van der Waals surface area contributed by atoms with E-state index in [9.17, 15) is 0 Å². The molecule has 4 heteroatoms. The largest absolute Gasteiger partial charge is 0.368 e. The lowest BCUT2D eigenvalue weighted by Gasteiger charge is -2.03. The van der Waals surface area contributed by atoms with E-state index in [1.807, 2.05) is 25.1 Å². The van der Waals surface area contributed by atoms with Crippen molar-refractivity contribution < 1.29 is 0 Å². The summed E-state index contributed by atoms with van der Waals surface area (Å²) in [5.41, 5.74) is 8.73. The monoisotopic (exact) mass is 210 g/mol. The molecule has 1 aromatic carbocycles. The predicted molar refractivity (Wildman–Crippen MR) is 61.3 cm³/mol. The van der Waals surface area contributed by atoms with Crippen LogP contribution < -0.4 is 5.73 Å².